The maximum absolute atomic E-state index is 16.2. The number of carbonyl (C=O) groups is 1. The van der Waals surface area contributed by atoms with Crippen molar-refractivity contribution in [1.82, 2.24) is 14.8 Å². The van der Waals surface area contributed by atoms with Crippen LogP contribution in [0.15, 0.2) is 30.5 Å². The normalized spacial score (nSPS) is 18.4. The van der Waals surface area contributed by atoms with Gasteiger partial charge in [-0.25, -0.2) is 13.6 Å². The van der Waals surface area contributed by atoms with Crippen molar-refractivity contribution >= 4 is 27.8 Å². The number of aliphatic carboxylic acids is 1. The first kappa shape index (κ1) is 24.2. The Hall–Kier alpha value is -3.50. The van der Waals surface area contributed by atoms with E-state index in [1.54, 1.807) is 25.4 Å². The van der Waals surface area contributed by atoms with Gasteiger partial charge in [0.15, 0.2) is 23.5 Å². The van der Waals surface area contributed by atoms with E-state index in [1.165, 1.54) is 13.2 Å². The Morgan fingerprint density at radius 1 is 1.31 bits per heavy atom. The van der Waals surface area contributed by atoms with Gasteiger partial charge in [-0.05, 0) is 30.2 Å². The van der Waals surface area contributed by atoms with Crippen LogP contribution in [0.2, 0.25) is 0 Å². The molecule has 0 radical (unpaired) electrons. The molecule has 1 fully saturated rings. The summed E-state index contributed by atoms with van der Waals surface area (Å²) in [6.07, 6.45) is 0.744. The highest BCUT2D eigenvalue weighted by Gasteiger charge is 2.40. The maximum atomic E-state index is 16.2. The predicted octanol–water partition coefficient (Wildman–Crippen LogP) is 4.67. The number of fused-ring (bicyclic) bond motifs is 2. The van der Waals surface area contributed by atoms with Crippen LogP contribution in [0.5, 0.6) is 5.75 Å². The molecule has 2 aromatic carbocycles. The number of hydrogen-bond donors (Lipinski definition) is 2. The zero-order valence-corrected chi connectivity index (χ0v) is 20.4. The molecule has 0 spiro atoms. The van der Waals surface area contributed by atoms with Gasteiger partial charge in [-0.2, -0.15) is 5.10 Å². The molecule has 3 heterocycles. The highest BCUT2D eigenvalue weighted by atomic mass is 19.1. The summed E-state index contributed by atoms with van der Waals surface area (Å²) in [7, 11) is 2.97. The lowest BCUT2D eigenvalue weighted by atomic mass is 9.82. The Bertz CT molecular complexity index is 1480. The zero-order chi connectivity index (χ0) is 25.8. The monoisotopic (exact) mass is 499 g/mol. The fourth-order valence-electron chi connectivity index (χ4n) is 5.38. The van der Waals surface area contributed by atoms with Crippen LogP contribution in [0.4, 0.5) is 8.78 Å². The summed E-state index contributed by atoms with van der Waals surface area (Å²) < 4.78 is 48.8. The number of halogens is 2. The minimum absolute atomic E-state index is 0.0476. The highest BCUT2D eigenvalue weighted by molar-refractivity contribution is 6.00. The number of H-pyrrole nitrogens is 1. The molecule has 10 heteroatoms. The van der Waals surface area contributed by atoms with Gasteiger partial charge in [0.25, 0.3) is 0 Å². The average Bonchev–Trinajstić information content (AvgIpc) is 3.57. The summed E-state index contributed by atoms with van der Waals surface area (Å²) in [5.74, 6) is -2.41. The predicted molar refractivity (Wildman–Crippen MR) is 129 cm³/mol. The Kier molecular flexibility index (Phi) is 5.96. The summed E-state index contributed by atoms with van der Waals surface area (Å²) in [6.45, 7) is 4.37. The first-order valence-corrected chi connectivity index (χ1v) is 11.6. The SMILES string of the molecule is COCC(C)(C)c1c(C2CO[C@H](C(=O)O)C2)c2c(F)c3[nH]ncc3cc2n1-c1ccc(F)c(OC)c1. The number of methoxy groups -OCH3 is 2. The smallest absolute Gasteiger partial charge is 0.332 e. The largest absolute Gasteiger partial charge is 0.494 e. The second-order valence-electron chi connectivity index (χ2n) is 9.75. The van der Waals surface area contributed by atoms with E-state index >= 15 is 4.39 Å². The van der Waals surface area contributed by atoms with Crippen molar-refractivity contribution in [2.75, 3.05) is 27.4 Å². The van der Waals surface area contributed by atoms with E-state index in [4.69, 9.17) is 14.2 Å². The molecule has 2 N–H and O–H groups in total. The van der Waals surface area contributed by atoms with Gasteiger partial charge in [0.2, 0.25) is 0 Å². The number of carboxylic acids is 1. The van der Waals surface area contributed by atoms with E-state index in [1.807, 2.05) is 24.5 Å². The first-order chi connectivity index (χ1) is 17.2. The molecule has 4 aromatic rings. The zero-order valence-electron chi connectivity index (χ0n) is 20.4. The lowest BCUT2D eigenvalue weighted by molar-refractivity contribution is -0.147. The molecular formula is C26H27F2N3O5. The third kappa shape index (κ3) is 3.72. The Labute approximate surface area is 205 Å². The van der Waals surface area contributed by atoms with Gasteiger partial charge in [0, 0.05) is 46.7 Å². The molecule has 1 aliphatic rings. The van der Waals surface area contributed by atoms with Crippen LogP contribution in [0.1, 0.15) is 37.4 Å². The van der Waals surface area contributed by atoms with Crippen molar-refractivity contribution in [2.45, 2.75) is 37.7 Å². The van der Waals surface area contributed by atoms with Crippen LogP contribution in [-0.2, 0) is 19.7 Å². The molecule has 0 saturated carbocycles. The van der Waals surface area contributed by atoms with Crippen molar-refractivity contribution in [2.24, 2.45) is 0 Å². The fraction of sp³-hybridized carbons (Fsp3) is 0.385. The summed E-state index contributed by atoms with van der Waals surface area (Å²) in [6, 6.07) is 6.30. The summed E-state index contributed by atoms with van der Waals surface area (Å²) in [4.78, 5) is 11.7. The molecule has 1 saturated heterocycles. The summed E-state index contributed by atoms with van der Waals surface area (Å²) >= 11 is 0. The van der Waals surface area contributed by atoms with Crippen LogP contribution >= 0.6 is 0 Å². The van der Waals surface area contributed by atoms with E-state index in [0.717, 1.165) is 5.69 Å². The topological polar surface area (TPSA) is 98.6 Å². The second kappa shape index (κ2) is 8.86. The molecule has 8 nitrogen and oxygen atoms in total. The van der Waals surface area contributed by atoms with Crippen LogP contribution < -0.4 is 4.74 Å². The molecule has 2 aromatic heterocycles. The third-order valence-electron chi connectivity index (χ3n) is 6.86. The van der Waals surface area contributed by atoms with Crippen LogP contribution in [0.25, 0.3) is 27.5 Å². The number of hydrogen-bond acceptors (Lipinski definition) is 5. The molecular weight excluding hydrogens is 472 g/mol. The van der Waals surface area contributed by atoms with Gasteiger partial charge in [-0.15, -0.1) is 0 Å². The Balaban J connectivity index is 1.92. The van der Waals surface area contributed by atoms with Gasteiger partial charge in [-0.3, -0.25) is 5.10 Å². The molecule has 36 heavy (non-hydrogen) atoms. The van der Waals surface area contributed by atoms with Gasteiger partial charge >= 0.3 is 5.97 Å². The van der Waals surface area contributed by atoms with E-state index in [0.29, 0.717) is 34.1 Å². The van der Waals surface area contributed by atoms with Crippen LogP contribution in [0.3, 0.4) is 0 Å². The Morgan fingerprint density at radius 3 is 2.75 bits per heavy atom. The van der Waals surface area contributed by atoms with Gasteiger partial charge in [0.05, 0.1) is 32.0 Å². The number of aromatic amines is 1. The first-order valence-electron chi connectivity index (χ1n) is 11.6. The minimum Gasteiger partial charge on any atom is -0.494 e. The van der Waals surface area contributed by atoms with E-state index in [2.05, 4.69) is 10.2 Å². The number of nitrogens with one attached hydrogen (secondary N) is 1. The standard InChI is InChI=1S/C26H27F2N3O5/c1-26(2,12-34-3)24-20(14-8-19(25(32)33)36-11-14)21-17(7-13-10-29-30-23(13)22(21)28)31(24)15-5-6-16(27)18(9-15)35-4/h5-7,9-10,14,19H,8,11-12H2,1-4H3,(H,29,30)(H,32,33)/t14?,19-/m0/s1. The highest BCUT2D eigenvalue weighted by Crippen LogP contribution is 2.46. The average molecular weight is 500 g/mol. The third-order valence-corrected chi connectivity index (χ3v) is 6.86. The fourth-order valence-corrected chi connectivity index (χ4v) is 5.38. The van der Waals surface area contributed by atoms with Gasteiger partial charge in [-0.1, -0.05) is 13.8 Å². The van der Waals surface area contributed by atoms with Crippen molar-refractivity contribution in [3.8, 4) is 11.4 Å². The molecule has 5 rings (SSSR count). The quantitative estimate of drug-likeness (QED) is 0.383. The second-order valence-corrected chi connectivity index (χ2v) is 9.75. The molecule has 0 amide bonds. The lowest BCUT2D eigenvalue weighted by Crippen LogP contribution is -2.29. The number of aromatic nitrogens is 3. The van der Waals surface area contributed by atoms with E-state index in [-0.39, 0.29) is 24.3 Å². The number of rotatable bonds is 7. The lowest BCUT2D eigenvalue weighted by Gasteiger charge is -2.29. The molecule has 1 aliphatic heterocycles. The van der Waals surface area contributed by atoms with Gasteiger partial charge < -0.3 is 23.9 Å². The van der Waals surface area contributed by atoms with Crippen LogP contribution in [0, 0.1) is 11.6 Å². The van der Waals surface area contributed by atoms with Crippen molar-refractivity contribution in [1.29, 1.82) is 0 Å². The minimum atomic E-state index is -1.06. The van der Waals surface area contributed by atoms with E-state index in [9.17, 15) is 14.3 Å². The molecule has 1 unspecified atom stereocenters. The molecule has 2 atom stereocenters. The number of carboxylic acid groups (broad SMARTS) is 1. The molecule has 0 bridgehead atoms. The van der Waals surface area contributed by atoms with E-state index < -0.39 is 35.0 Å². The maximum Gasteiger partial charge on any atom is 0.332 e. The summed E-state index contributed by atoms with van der Waals surface area (Å²) in [5, 5.41) is 17.2. The molecule has 190 valence electrons. The van der Waals surface area contributed by atoms with Crippen LogP contribution in [-0.4, -0.2) is 59.4 Å². The Morgan fingerprint density at radius 2 is 2.08 bits per heavy atom. The number of benzene rings is 2. The number of ether oxygens (including phenoxy) is 3. The van der Waals surface area contributed by atoms with Crippen molar-refractivity contribution in [3.63, 3.8) is 0 Å². The van der Waals surface area contributed by atoms with Crippen molar-refractivity contribution in [3.05, 3.63) is 53.4 Å². The van der Waals surface area contributed by atoms with Gasteiger partial charge in [0.1, 0.15) is 5.52 Å². The molecule has 0 aliphatic carbocycles. The number of nitrogens with zero attached hydrogens (tertiary/aromatic N) is 2. The van der Waals surface area contributed by atoms with Crippen molar-refractivity contribution < 1.29 is 32.9 Å². The summed E-state index contributed by atoms with van der Waals surface area (Å²) in [5.41, 5.74) is 2.09.